The van der Waals surface area contributed by atoms with Crippen molar-refractivity contribution in [2.24, 2.45) is 0 Å². The lowest BCUT2D eigenvalue weighted by molar-refractivity contribution is -0.120. The highest BCUT2D eigenvalue weighted by atomic mass is 32.2. The lowest BCUT2D eigenvalue weighted by atomic mass is 10.3. The molecule has 2 aromatic carbocycles. The van der Waals surface area contributed by atoms with Gasteiger partial charge in [0.25, 0.3) is 0 Å². The summed E-state index contributed by atoms with van der Waals surface area (Å²) in [6.07, 6.45) is 0. The number of para-hydroxylation sites is 1. The van der Waals surface area contributed by atoms with E-state index >= 15 is 0 Å². The number of hydrogen-bond donors (Lipinski definition) is 1. The van der Waals surface area contributed by atoms with Gasteiger partial charge < -0.3 is 10.1 Å². The van der Waals surface area contributed by atoms with Crippen molar-refractivity contribution >= 4 is 23.4 Å². The Hall–Kier alpha value is -1.78. The van der Waals surface area contributed by atoms with Gasteiger partial charge in [-0.05, 0) is 31.2 Å². The van der Waals surface area contributed by atoms with E-state index in [1.54, 1.807) is 11.8 Å². The second-order valence-electron chi connectivity index (χ2n) is 4.10. The molecule has 0 bridgehead atoms. The highest BCUT2D eigenvalue weighted by Gasteiger charge is 2.07. The van der Waals surface area contributed by atoms with Gasteiger partial charge in [-0.15, -0.1) is 0 Å². The lowest BCUT2D eigenvalue weighted by Gasteiger charge is -2.10. The third kappa shape index (κ3) is 4.40. The predicted molar refractivity (Wildman–Crippen MR) is 82.1 cm³/mol. The topological polar surface area (TPSA) is 38.3 Å². The molecule has 1 amide bonds. The Balaban J connectivity index is 2.08. The molecular weight excluding hydrogens is 270 g/mol. The summed E-state index contributed by atoms with van der Waals surface area (Å²) in [6.45, 7) is 2.49. The molecule has 0 atom stereocenters. The summed E-state index contributed by atoms with van der Waals surface area (Å²) in [4.78, 5) is 13.9. The minimum atomic E-state index is -0.132. The fourth-order valence-corrected chi connectivity index (χ4v) is 2.58. The van der Waals surface area contributed by atoms with Crippen LogP contribution < -0.4 is 5.32 Å². The zero-order valence-corrected chi connectivity index (χ0v) is 12.2. The molecule has 0 heterocycles. The minimum Gasteiger partial charge on any atom is -0.372 e. The molecule has 0 saturated heterocycles. The highest BCUT2D eigenvalue weighted by molar-refractivity contribution is 7.99. The summed E-state index contributed by atoms with van der Waals surface area (Å²) in [5.74, 6) is -0.132. The molecule has 0 aromatic heterocycles. The molecule has 3 nitrogen and oxygen atoms in total. The van der Waals surface area contributed by atoms with E-state index in [9.17, 15) is 4.79 Å². The van der Waals surface area contributed by atoms with Crippen LogP contribution in [0.4, 0.5) is 5.69 Å². The first-order valence-electron chi connectivity index (χ1n) is 6.49. The van der Waals surface area contributed by atoms with E-state index in [1.807, 2.05) is 61.5 Å². The van der Waals surface area contributed by atoms with Gasteiger partial charge in [-0.2, -0.15) is 0 Å². The Kier molecular flexibility index (Phi) is 5.65. The number of nitrogens with one attached hydrogen (secondary N) is 1. The van der Waals surface area contributed by atoms with E-state index in [2.05, 4.69) is 5.32 Å². The van der Waals surface area contributed by atoms with Crippen molar-refractivity contribution in [1.29, 1.82) is 0 Å². The summed E-state index contributed by atoms with van der Waals surface area (Å²) in [5.41, 5.74) is 0.811. The summed E-state index contributed by atoms with van der Waals surface area (Å²) in [6, 6.07) is 17.8. The molecule has 0 saturated carbocycles. The van der Waals surface area contributed by atoms with Crippen LogP contribution in [0.5, 0.6) is 0 Å². The molecule has 0 radical (unpaired) electrons. The van der Waals surface area contributed by atoms with Crippen molar-refractivity contribution in [3.63, 3.8) is 0 Å². The fraction of sp³-hybridized carbons (Fsp3) is 0.188. The van der Waals surface area contributed by atoms with Crippen molar-refractivity contribution in [1.82, 2.24) is 0 Å². The third-order valence-electron chi connectivity index (χ3n) is 2.57. The Bertz CT molecular complexity index is 557. The van der Waals surface area contributed by atoms with Crippen molar-refractivity contribution in [2.75, 3.05) is 18.5 Å². The number of carbonyl (C=O) groups is 1. The van der Waals surface area contributed by atoms with Crippen molar-refractivity contribution in [2.45, 2.75) is 16.7 Å². The van der Waals surface area contributed by atoms with E-state index in [0.717, 1.165) is 15.5 Å². The van der Waals surface area contributed by atoms with Crippen LogP contribution >= 0.6 is 11.8 Å². The Morgan fingerprint density at radius 3 is 2.55 bits per heavy atom. The monoisotopic (exact) mass is 287 g/mol. The average Bonchev–Trinajstić information content (AvgIpc) is 2.48. The molecule has 2 rings (SSSR count). The molecule has 0 aliphatic heterocycles. The van der Waals surface area contributed by atoms with Gasteiger partial charge in [-0.25, -0.2) is 0 Å². The Morgan fingerprint density at radius 1 is 1.10 bits per heavy atom. The maximum absolute atomic E-state index is 11.7. The standard InChI is InChI=1S/C16H17NO2S/c1-2-19-12-16(18)17-14-10-6-7-11-15(14)20-13-8-4-3-5-9-13/h3-11H,2,12H2,1H3,(H,17,18). The maximum atomic E-state index is 11.7. The van der Waals surface area contributed by atoms with Crippen LogP contribution in [0.15, 0.2) is 64.4 Å². The van der Waals surface area contributed by atoms with Gasteiger partial charge in [0.2, 0.25) is 5.91 Å². The van der Waals surface area contributed by atoms with Gasteiger partial charge in [0.1, 0.15) is 6.61 Å². The van der Waals surface area contributed by atoms with Crippen molar-refractivity contribution in [3.8, 4) is 0 Å². The fourth-order valence-electron chi connectivity index (χ4n) is 1.66. The number of hydrogen-bond acceptors (Lipinski definition) is 3. The first-order chi connectivity index (χ1) is 9.79. The SMILES string of the molecule is CCOCC(=O)Nc1ccccc1Sc1ccccc1. The van der Waals surface area contributed by atoms with Crippen LogP contribution in [0.1, 0.15) is 6.92 Å². The number of amides is 1. The summed E-state index contributed by atoms with van der Waals surface area (Å²) < 4.78 is 5.11. The zero-order chi connectivity index (χ0) is 14.2. The smallest absolute Gasteiger partial charge is 0.250 e. The number of anilines is 1. The largest absolute Gasteiger partial charge is 0.372 e. The van der Waals surface area contributed by atoms with Gasteiger partial charge in [-0.3, -0.25) is 4.79 Å². The van der Waals surface area contributed by atoms with Gasteiger partial charge in [0, 0.05) is 16.4 Å². The second-order valence-corrected chi connectivity index (χ2v) is 5.21. The quantitative estimate of drug-likeness (QED) is 0.878. The first-order valence-corrected chi connectivity index (χ1v) is 7.30. The normalized spacial score (nSPS) is 10.2. The molecule has 20 heavy (non-hydrogen) atoms. The van der Waals surface area contributed by atoms with E-state index in [0.29, 0.717) is 6.61 Å². The van der Waals surface area contributed by atoms with Crippen molar-refractivity contribution in [3.05, 3.63) is 54.6 Å². The first kappa shape index (κ1) is 14.6. The van der Waals surface area contributed by atoms with Crippen LogP contribution in [0.25, 0.3) is 0 Å². The van der Waals surface area contributed by atoms with E-state index in [4.69, 9.17) is 4.74 Å². The average molecular weight is 287 g/mol. The molecule has 2 aromatic rings. The van der Waals surface area contributed by atoms with E-state index < -0.39 is 0 Å². The molecule has 0 aliphatic carbocycles. The molecule has 1 N–H and O–H groups in total. The van der Waals surface area contributed by atoms with E-state index in [1.165, 1.54) is 0 Å². The highest BCUT2D eigenvalue weighted by Crippen LogP contribution is 2.33. The molecule has 0 unspecified atom stereocenters. The lowest BCUT2D eigenvalue weighted by Crippen LogP contribution is -2.18. The Morgan fingerprint density at radius 2 is 1.80 bits per heavy atom. The molecule has 4 heteroatoms. The zero-order valence-electron chi connectivity index (χ0n) is 11.3. The van der Waals surface area contributed by atoms with Crippen LogP contribution in [0.3, 0.4) is 0 Å². The number of benzene rings is 2. The van der Waals surface area contributed by atoms with Gasteiger partial charge in [0.05, 0.1) is 5.69 Å². The molecule has 0 aliphatic rings. The van der Waals surface area contributed by atoms with Crippen LogP contribution in [0.2, 0.25) is 0 Å². The summed E-state index contributed by atoms with van der Waals surface area (Å²) in [7, 11) is 0. The van der Waals surface area contributed by atoms with Crippen molar-refractivity contribution < 1.29 is 9.53 Å². The van der Waals surface area contributed by atoms with E-state index in [-0.39, 0.29) is 12.5 Å². The second kappa shape index (κ2) is 7.72. The van der Waals surface area contributed by atoms with Gasteiger partial charge in [0.15, 0.2) is 0 Å². The van der Waals surface area contributed by atoms with Gasteiger partial charge in [-0.1, -0.05) is 42.1 Å². The van der Waals surface area contributed by atoms with Crippen LogP contribution in [-0.4, -0.2) is 19.1 Å². The summed E-state index contributed by atoms with van der Waals surface area (Å²) >= 11 is 1.62. The van der Waals surface area contributed by atoms with Gasteiger partial charge >= 0.3 is 0 Å². The summed E-state index contributed by atoms with van der Waals surface area (Å²) in [5, 5.41) is 2.88. The maximum Gasteiger partial charge on any atom is 0.250 e. The Labute approximate surface area is 123 Å². The molecule has 0 fully saturated rings. The van der Waals surface area contributed by atoms with Crippen LogP contribution in [-0.2, 0) is 9.53 Å². The number of ether oxygens (including phenoxy) is 1. The predicted octanol–water partition coefficient (Wildman–Crippen LogP) is 3.81. The minimum absolute atomic E-state index is 0.0842. The number of rotatable bonds is 6. The number of carbonyl (C=O) groups excluding carboxylic acids is 1. The third-order valence-corrected chi connectivity index (χ3v) is 3.65. The molecular formula is C16H17NO2S. The molecule has 0 spiro atoms. The van der Waals surface area contributed by atoms with Crippen LogP contribution in [0, 0.1) is 0 Å². The molecule has 104 valence electrons.